The molecule has 0 aromatic rings. The number of hydrogen-bond donors (Lipinski definition) is 2. The maximum Gasteiger partial charge on any atom is 0.240 e. The van der Waals surface area contributed by atoms with Gasteiger partial charge in [-0.25, -0.2) is 0 Å². The summed E-state index contributed by atoms with van der Waals surface area (Å²) >= 11 is 1.80. The first-order valence-corrected chi connectivity index (χ1v) is 10.0. The normalized spacial score (nSPS) is 28.5. The van der Waals surface area contributed by atoms with Crippen LogP contribution in [-0.4, -0.2) is 102 Å². The third kappa shape index (κ3) is 4.41. The van der Waals surface area contributed by atoms with Crippen molar-refractivity contribution in [1.29, 1.82) is 0 Å². The van der Waals surface area contributed by atoms with Crippen molar-refractivity contribution in [2.75, 3.05) is 64.0 Å². The lowest BCUT2D eigenvalue weighted by Crippen LogP contribution is -2.49. The molecule has 7 nitrogen and oxygen atoms in total. The molecule has 3 saturated heterocycles. The van der Waals surface area contributed by atoms with Crippen LogP contribution in [0.1, 0.15) is 12.8 Å². The Bertz CT molecular complexity index is 451. The number of β-amino-alcohol motifs (C(OH)–C–C–N with tert-alkyl or cyclic N) is 1. The molecular formula is C16H28N4O3S. The molecule has 8 heteroatoms. The van der Waals surface area contributed by atoms with Crippen molar-refractivity contribution in [3.63, 3.8) is 0 Å². The van der Waals surface area contributed by atoms with Gasteiger partial charge in [0.1, 0.15) is 0 Å². The number of aliphatic hydroxyl groups excluding tert-OH is 1. The zero-order valence-corrected chi connectivity index (χ0v) is 15.0. The van der Waals surface area contributed by atoms with Gasteiger partial charge in [0.05, 0.1) is 18.5 Å². The minimum absolute atomic E-state index is 0.108. The fourth-order valence-corrected chi connectivity index (χ4v) is 4.65. The molecule has 2 amide bonds. The fraction of sp³-hybridized carbons (Fsp3) is 0.875. The predicted octanol–water partition coefficient (Wildman–Crippen LogP) is -0.976. The summed E-state index contributed by atoms with van der Waals surface area (Å²) in [5.74, 6) is 2.50. The summed E-state index contributed by atoms with van der Waals surface area (Å²) in [5.41, 5.74) is 0. The maximum absolute atomic E-state index is 12.5. The highest BCUT2D eigenvalue weighted by molar-refractivity contribution is 7.99. The molecule has 2 unspecified atom stereocenters. The first-order chi connectivity index (χ1) is 11.7. The van der Waals surface area contributed by atoms with E-state index >= 15 is 0 Å². The molecule has 24 heavy (non-hydrogen) atoms. The van der Waals surface area contributed by atoms with Gasteiger partial charge in [0.2, 0.25) is 11.8 Å². The summed E-state index contributed by atoms with van der Waals surface area (Å²) in [6.45, 7) is 5.63. The summed E-state index contributed by atoms with van der Waals surface area (Å²) in [4.78, 5) is 30.9. The maximum atomic E-state index is 12.5. The SMILES string of the molecule is O=C(CC1CNC(C(=O)N2CCSC2)C1)N1CCN(CCO)CC1. The highest BCUT2D eigenvalue weighted by Gasteiger charge is 2.35. The van der Waals surface area contributed by atoms with Crippen molar-refractivity contribution >= 4 is 23.6 Å². The number of hydrogen-bond acceptors (Lipinski definition) is 6. The van der Waals surface area contributed by atoms with Crippen molar-refractivity contribution in [3.8, 4) is 0 Å². The first-order valence-electron chi connectivity index (χ1n) is 8.88. The first kappa shape index (κ1) is 18.0. The third-order valence-corrected chi connectivity index (χ3v) is 6.15. The third-order valence-electron chi connectivity index (χ3n) is 5.19. The van der Waals surface area contributed by atoms with Gasteiger partial charge in [-0.3, -0.25) is 14.5 Å². The van der Waals surface area contributed by atoms with Crippen molar-refractivity contribution in [1.82, 2.24) is 20.0 Å². The summed E-state index contributed by atoms with van der Waals surface area (Å²) in [7, 11) is 0. The number of nitrogens with one attached hydrogen (secondary N) is 1. The quantitative estimate of drug-likeness (QED) is 0.660. The van der Waals surface area contributed by atoms with Gasteiger partial charge < -0.3 is 20.2 Å². The second-order valence-electron chi connectivity index (χ2n) is 6.85. The van der Waals surface area contributed by atoms with Gasteiger partial charge in [-0.05, 0) is 18.9 Å². The smallest absolute Gasteiger partial charge is 0.240 e. The van der Waals surface area contributed by atoms with E-state index in [1.165, 1.54) is 0 Å². The molecule has 3 heterocycles. The largest absolute Gasteiger partial charge is 0.395 e. The number of piperazine rings is 1. The standard InChI is InChI=1S/C16H28N4O3S/c21-7-5-18-1-3-19(4-2-18)15(22)10-13-9-14(17-11-13)16(23)20-6-8-24-12-20/h13-14,17,21H,1-12H2. The Hall–Kier alpha value is -0.830. The van der Waals surface area contributed by atoms with E-state index in [2.05, 4.69) is 10.2 Å². The lowest BCUT2D eigenvalue weighted by atomic mass is 10.00. The summed E-state index contributed by atoms with van der Waals surface area (Å²) in [6.07, 6.45) is 1.31. The zero-order chi connectivity index (χ0) is 16.9. The Kier molecular flexibility index (Phi) is 6.37. The van der Waals surface area contributed by atoms with E-state index in [0.717, 1.165) is 57.3 Å². The van der Waals surface area contributed by atoms with Crippen LogP contribution in [0.5, 0.6) is 0 Å². The molecule has 0 aromatic heterocycles. The van der Waals surface area contributed by atoms with Crippen LogP contribution in [-0.2, 0) is 9.59 Å². The number of thioether (sulfide) groups is 1. The van der Waals surface area contributed by atoms with E-state index in [1.807, 2.05) is 9.80 Å². The number of rotatable bonds is 5. The van der Waals surface area contributed by atoms with Crippen LogP contribution < -0.4 is 5.32 Å². The van der Waals surface area contributed by atoms with Gasteiger partial charge >= 0.3 is 0 Å². The molecule has 0 aliphatic carbocycles. The van der Waals surface area contributed by atoms with Gasteiger partial charge in [0, 0.05) is 51.4 Å². The molecule has 3 aliphatic rings. The van der Waals surface area contributed by atoms with E-state index < -0.39 is 0 Å². The Labute approximate surface area is 147 Å². The van der Waals surface area contributed by atoms with Crippen molar-refractivity contribution in [2.24, 2.45) is 5.92 Å². The van der Waals surface area contributed by atoms with Crippen LogP contribution in [0.4, 0.5) is 0 Å². The number of aliphatic hydroxyl groups is 1. The van der Waals surface area contributed by atoms with E-state index in [4.69, 9.17) is 5.11 Å². The lowest BCUT2D eigenvalue weighted by Gasteiger charge is -2.34. The Morgan fingerprint density at radius 1 is 1.12 bits per heavy atom. The van der Waals surface area contributed by atoms with Crippen molar-refractivity contribution < 1.29 is 14.7 Å². The van der Waals surface area contributed by atoms with E-state index in [0.29, 0.717) is 13.0 Å². The highest BCUT2D eigenvalue weighted by Crippen LogP contribution is 2.23. The van der Waals surface area contributed by atoms with Crippen LogP contribution >= 0.6 is 11.8 Å². The second-order valence-corrected chi connectivity index (χ2v) is 7.93. The minimum Gasteiger partial charge on any atom is -0.395 e. The summed E-state index contributed by atoms with van der Waals surface area (Å²) in [6, 6.07) is -0.108. The Morgan fingerprint density at radius 2 is 1.92 bits per heavy atom. The lowest BCUT2D eigenvalue weighted by molar-refractivity contribution is -0.134. The zero-order valence-electron chi connectivity index (χ0n) is 14.2. The average molecular weight is 356 g/mol. The summed E-state index contributed by atoms with van der Waals surface area (Å²) in [5, 5.41) is 12.3. The number of nitrogens with zero attached hydrogens (tertiary/aromatic N) is 3. The van der Waals surface area contributed by atoms with Crippen LogP contribution in [0, 0.1) is 5.92 Å². The number of amides is 2. The van der Waals surface area contributed by atoms with E-state index in [-0.39, 0.29) is 30.4 Å². The molecule has 3 fully saturated rings. The molecule has 3 rings (SSSR count). The molecule has 3 aliphatic heterocycles. The predicted molar refractivity (Wildman–Crippen MR) is 93.7 cm³/mol. The second kappa shape index (κ2) is 8.51. The molecule has 2 N–H and O–H groups in total. The topological polar surface area (TPSA) is 76.1 Å². The van der Waals surface area contributed by atoms with Gasteiger partial charge in [0.25, 0.3) is 0 Å². The van der Waals surface area contributed by atoms with Crippen LogP contribution in [0.2, 0.25) is 0 Å². The van der Waals surface area contributed by atoms with Gasteiger partial charge in [0.15, 0.2) is 0 Å². The highest BCUT2D eigenvalue weighted by atomic mass is 32.2. The van der Waals surface area contributed by atoms with E-state index in [1.54, 1.807) is 11.8 Å². The molecular weight excluding hydrogens is 328 g/mol. The van der Waals surface area contributed by atoms with E-state index in [9.17, 15) is 9.59 Å². The fourth-order valence-electron chi connectivity index (χ4n) is 3.70. The average Bonchev–Trinajstić information content (AvgIpc) is 3.27. The molecule has 0 aromatic carbocycles. The molecule has 136 valence electrons. The molecule has 0 bridgehead atoms. The van der Waals surface area contributed by atoms with Crippen LogP contribution in [0.25, 0.3) is 0 Å². The molecule has 0 saturated carbocycles. The Balaban J connectivity index is 1.40. The van der Waals surface area contributed by atoms with Gasteiger partial charge in [-0.1, -0.05) is 0 Å². The monoisotopic (exact) mass is 356 g/mol. The molecule has 2 atom stereocenters. The van der Waals surface area contributed by atoms with Crippen LogP contribution in [0.3, 0.4) is 0 Å². The number of carbonyl (C=O) groups excluding carboxylic acids is 2. The Morgan fingerprint density at radius 3 is 2.58 bits per heavy atom. The number of carbonyl (C=O) groups is 2. The van der Waals surface area contributed by atoms with Gasteiger partial charge in [-0.2, -0.15) is 0 Å². The summed E-state index contributed by atoms with van der Waals surface area (Å²) < 4.78 is 0. The van der Waals surface area contributed by atoms with Crippen molar-refractivity contribution in [2.45, 2.75) is 18.9 Å². The molecule has 0 radical (unpaired) electrons. The van der Waals surface area contributed by atoms with Crippen LogP contribution in [0.15, 0.2) is 0 Å². The molecule has 0 spiro atoms. The van der Waals surface area contributed by atoms with Gasteiger partial charge in [-0.15, -0.1) is 11.8 Å². The van der Waals surface area contributed by atoms with Crippen molar-refractivity contribution in [3.05, 3.63) is 0 Å². The minimum atomic E-state index is -0.108.